The van der Waals surface area contributed by atoms with E-state index >= 15 is 0 Å². The van der Waals surface area contributed by atoms with Gasteiger partial charge in [-0.3, -0.25) is 29.3 Å². The van der Waals surface area contributed by atoms with Gasteiger partial charge in [0.05, 0.1) is 65.3 Å². The molecule has 6 bridgehead atoms. The van der Waals surface area contributed by atoms with Gasteiger partial charge in [-0.25, -0.2) is 10.4 Å². The Kier molecular flexibility index (Phi) is 12.5. The second-order valence-electron chi connectivity index (χ2n) is 19.6. The highest BCUT2D eigenvalue weighted by Crippen LogP contribution is 2.49. The standard InChI is InChI=1S/C50H57F3N8O6S/c1-29(65-4)43-36(21-32(25-54-43)59-15-13-58(14-16-59)27-50(51,52)53)44-37-24-49(2,3)28-67-48(64)38-11-8-12-61(57-38)47(63)39(56-46(62)35-22-33(35)30-9-6-5-7-10-30)23-42-55-40(26-68-42)31-19-34(37)45-41(20-31)66-18-17-60(44)45/h5-7,9-10,19-21,25-26,29,33,35,38-39,57H,8,11-18,22-24,27-28H2,1-4H3,(H,56,62)/t29-,33+,35-,38-,39-/m0/s1. The van der Waals surface area contributed by atoms with Crippen LogP contribution in [0.15, 0.2) is 60.1 Å². The summed E-state index contributed by atoms with van der Waals surface area (Å²) in [4.78, 5) is 55.9. The number of cyclic esters (lactones) is 1. The maximum absolute atomic E-state index is 14.4. The van der Waals surface area contributed by atoms with Crippen LogP contribution in [0.3, 0.4) is 0 Å². The van der Waals surface area contributed by atoms with Crippen molar-refractivity contribution in [1.29, 1.82) is 0 Å². The van der Waals surface area contributed by atoms with Crippen LogP contribution in [-0.4, -0.2) is 120 Å². The molecule has 2 amide bonds. The van der Waals surface area contributed by atoms with Crippen LogP contribution in [-0.2, 0) is 43.2 Å². The van der Waals surface area contributed by atoms with Gasteiger partial charge in [0.15, 0.2) is 0 Å². The summed E-state index contributed by atoms with van der Waals surface area (Å²) in [6.07, 6.45) is -0.532. The van der Waals surface area contributed by atoms with Crippen molar-refractivity contribution >= 4 is 45.7 Å². The van der Waals surface area contributed by atoms with Crippen molar-refractivity contribution in [3.8, 4) is 28.3 Å². The predicted molar refractivity (Wildman–Crippen MR) is 251 cm³/mol. The molecule has 0 radical (unpaired) electrons. The highest BCUT2D eigenvalue weighted by atomic mass is 32.1. The molecule has 0 spiro atoms. The van der Waals surface area contributed by atoms with Crippen LogP contribution in [0.2, 0.25) is 0 Å². The molecule has 14 nitrogen and oxygen atoms in total. The number of benzene rings is 2. The van der Waals surface area contributed by atoms with Crippen LogP contribution < -0.4 is 20.4 Å². The summed E-state index contributed by atoms with van der Waals surface area (Å²) in [5, 5.41) is 8.13. The number of hydrogen-bond donors (Lipinski definition) is 2. The fourth-order valence-electron chi connectivity index (χ4n) is 10.4. The summed E-state index contributed by atoms with van der Waals surface area (Å²) >= 11 is 1.42. The number of thiazole rings is 1. The minimum Gasteiger partial charge on any atom is -0.489 e. The number of hydrogen-bond acceptors (Lipinski definition) is 12. The second kappa shape index (κ2) is 18.4. The third-order valence-corrected chi connectivity index (χ3v) is 14.9. The Morgan fingerprint density at radius 1 is 1.06 bits per heavy atom. The molecule has 1 aliphatic carbocycles. The first-order chi connectivity index (χ1) is 32.6. The van der Waals surface area contributed by atoms with Crippen molar-refractivity contribution in [3.63, 3.8) is 0 Å². The van der Waals surface area contributed by atoms with E-state index in [9.17, 15) is 27.6 Å². The average molecular weight is 955 g/mol. The average Bonchev–Trinajstić information content (AvgIpc) is 3.91. The SMILES string of the molecule is CO[C@@H](C)c1ncc(N2CCN(CC(F)(F)F)CC2)cc1-c1c2c3cc(cc4c3n1CCO4)-c1csc(n1)C[C@H](NC(=O)[C@H]1C[C@@H]1c1ccccc1)C(=O)N1CCC[C@H](N1)C(=O)OCC(C)(C)C2. The second-order valence-corrected chi connectivity index (χ2v) is 20.5. The van der Waals surface area contributed by atoms with Crippen LogP contribution in [0.4, 0.5) is 18.9 Å². The summed E-state index contributed by atoms with van der Waals surface area (Å²) in [6, 6.07) is 14.4. The molecule has 1 saturated carbocycles. The summed E-state index contributed by atoms with van der Waals surface area (Å²) in [6.45, 7) is 7.84. The largest absolute Gasteiger partial charge is 0.489 e. The van der Waals surface area contributed by atoms with Gasteiger partial charge in [-0.15, -0.1) is 11.3 Å². The van der Waals surface area contributed by atoms with Crippen molar-refractivity contribution < 1.29 is 41.8 Å². The number of anilines is 1. The van der Waals surface area contributed by atoms with E-state index in [0.29, 0.717) is 80.6 Å². The highest BCUT2D eigenvalue weighted by Gasteiger charge is 2.46. The summed E-state index contributed by atoms with van der Waals surface area (Å²) in [5.41, 5.74) is 10.3. The first kappa shape index (κ1) is 46.2. The van der Waals surface area contributed by atoms with Crippen LogP contribution in [0, 0.1) is 11.3 Å². The highest BCUT2D eigenvalue weighted by molar-refractivity contribution is 7.10. The summed E-state index contributed by atoms with van der Waals surface area (Å²) in [7, 11) is 1.64. The molecule has 2 N–H and O–H groups in total. The van der Waals surface area contributed by atoms with E-state index in [1.165, 1.54) is 21.2 Å². The Balaban J connectivity index is 1.05. The molecular weight excluding hydrogens is 898 g/mol. The predicted octanol–water partition coefficient (Wildman–Crippen LogP) is 7.06. The smallest absolute Gasteiger partial charge is 0.401 e. The Labute approximate surface area is 397 Å². The molecule has 3 fully saturated rings. The number of carbonyl (C=O) groups is 3. The normalized spacial score (nSPS) is 23.7. The topological polar surface area (TPSA) is 143 Å². The molecule has 4 aliphatic heterocycles. The van der Waals surface area contributed by atoms with Gasteiger partial charge in [0.2, 0.25) is 5.91 Å². The number of esters is 1. The van der Waals surface area contributed by atoms with Crippen LogP contribution in [0.5, 0.6) is 5.75 Å². The number of pyridine rings is 1. The third-order valence-electron chi connectivity index (χ3n) is 14.0. The number of alkyl halides is 3. The maximum Gasteiger partial charge on any atom is 0.401 e. The molecule has 2 saturated heterocycles. The number of nitrogens with one attached hydrogen (secondary N) is 2. The number of methoxy groups -OCH3 is 1. The van der Waals surface area contributed by atoms with E-state index in [1.807, 2.05) is 48.7 Å². The fourth-order valence-corrected chi connectivity index (χ4v) is 11.2. The Morgan fingerprint density at radius 3 is 2.62 bits per heavy atom. The molecule has 10 rings (SSSR count). The van der Waals surface area contributed by atoms with Crippen molar-refractivity contribution in [2.24, 2.45) is 11.3 Å². The Morgan fingerprint density at radius 2 is 1.85 bits per heavy atom. The third kappa shape index (κ3) is 9.44. The molecule has 68 heavy (non-hydrogen) atoms. The van der Waals surface area contributed by atoms with Gasteiger partial charge in [0, 0.05) is 79.5 Å². The number of nitrogens with zero attached hydrogens (tertiary/aromatic N) is 6. The van der Waals surface area contributed by atoms with Crippen molar-refractivity contribution in [3.05, 3.63) is 81.9 Å². The van der Waals surface area contributed by atoms with Crippen LogP contribution in [0.25, 0.3) is 33.4 Å². The Hall–Kier alpha value is -5.56. The lowest BCUT2D eigenvalue weighted by atomic mass is 9.84. The van der Waals surface area contributed by atoms with Gasteiger partial charge in [-0.1, -0.05) is 44.2 Å². The van der Waals surface area contributed by atoms with Crippen molar-refractivity contribution in [2.75, 3.05) is 64.5 Å². The molecule has 0 unspecified atom stereocenters. The van der Waals surface area contributed by atoms with Gasteiger partial charge in [0.1, 0.15) is 24.4 Å². The minimum absolute atomic E-state index is 0.0764. The minimum atomic E-state index is -4.27. The van der Waals surface area contributed by atoms with Gasteiger partial charge in [-0.2, -0.15) is 13.2 Å². The molecule has 3 aromatic heterocycles. The van der Waals surface area contributed by atoms with Gasteiger partial charge < -0.3 is 29.0 Å². The number of carbonyl (C=O) groups excluding carboxylic acids is 3. The van der Waals surface area contributed by atoms with Crippen LogP contribution in [0.1, 0.15) is 73.9 Å². The number of ether oxygens (including phenoxy) is 3. The van der Waals surface area contributed by atoms with Gasteiger partial charge in [0.25, 0.3) is 5.91 Å². The lowest BCUT2D eigenvalue weighted by molar-refractivity contribution is -0.155. The molecule has 7 heterocycles. The Bertz CT molecular complexity index is 2720. The lowest BCUT2D eigenvalue weighted by Gasteiger charge is -2.36. The maximum atomic E-state index is 14.4. The number of halogens is 3. The van der Waals surface area contributed by atoms with Crippen molar-refractivity contribution in [1.82, 2.24) is 35.2 Å². The summed E-state index contributed by atoms with van der Waals surface area (Å²) in [5.74, 6) is -0.484. The zero-order valence-corrected chi connectivity index (χ0v) is 39.6. The number of fused-ring (bicyclic) bond motifs is 6. The fraction of sp³-hybridized carbons (Fsp3) is 0.500. The first-order valence-electron chi connectivity index (χ1n) is 23.6. The molecule has 5 aliphatic rings. The zero-order chi connectivity index (χ0) is 47.5. The number of hydrazine groups is 1. The molecular formula is C50H57F3N8O6S. The zero-order valence-electron chi connectivity index (χ0n) is 38.7. The monoisotopic (exact) mass is 954 g/mol. The molecule has 2 aromatic carbocycles. The molecule has 18 heteroatoms. The van der Waals surface area contributed by atoms with Crippen molar-refractivity contribution in [2.45, 2.75) is 89.7 Å². The quantitative estimate of drug-likeness (QED) is 0.154. The van der Waals surface area contributed by atoms with E-state index in [4.69, 9.17) is 24.2 Å². The number of piperazine rings is 1. The molecule has 5 aromatic rings. The van der Waals surface area contributed by atoms with E-state index in [0.717, 1.165) is 44.5 Å². The number of rotatable bonds is 8. The number of aromatic nitrogens is 3. The van der Waals surface area contributed by atoms with E-state index in [2.05, 4.69) is 46.2 Å². The lowest BCUT2D eigenvalue weighted by Crippen LogP contribution is -2.60. The number of amides is 2. The summed E-state index contributed by atoms with van der Waals surface area (Å²) < 4.78 is 60.8. The van der Waals surface area contributed by atoms with E-state index in [-0.39, 0.29) is 49.8 Å². The first-order valence-corrected chi connectivity index (χ1v) is 24.4. The van der Waals surface area contributed by atoms with Gasteiger partial charge >= 0.3 is 12.1 Å². The molecule has 5 atom stereocenters. The van der Waals surface area contributed by atoms with Gasteiger partial charge in [-0.05, 0) is 67.9 Å². The van der Waals surface area contributed by atoms with E-state index in [1.54, 1.807) is 13.3 Å². The van der Waals surface area contributed by atoms with Crippen LogP contribution >= 0.6 is 11.3 Å². The van der Waals surface area contributed by atoms with E-state index < -0.39 is 42.3 Å². The molecule has 360 valence electrons.